The minimum absolute atomic E-state index is 0.458. The van der Waals surface area contributed by atoms with Gasteiger partial charge in [0.1, 0.15) is 6.61 Å². The molecule has 0 radical (unpaired) electrons. The molecule has 5 heteroatoms. The molecule has 3 unspecified atom stereocenters. The van der Waals surface area contributed by atoms with Crippen molar-refractivity contribution in [3.8, 4) is 5.88 Å². The summed E-state index contributed by atoms with van der Waals surface area (Å²) in [6.07, 6.45) is 5.62. The number of fused-ring (bicyclic) bond motifs is 2. The van der Waals surface area contributed by atoms with E-state index >= 15 is 0 Å². The molecule has 25 heavy (non-hydrogen) atoms. The Bertz CT molecular complexity index is 684. The molecule has 0 spiro atoms. The number of aromatic nitrogens is 2. The summed E-state index contributed by atoms with van der Waals surface area (Å²) in [5, 5.41) is 7.93. The van der Waals surface area contributed by atoms with Crippen molar-refractivity contribution in [2.75, 3.05) is 6.67 Å². The summed E-state index contributed by atoms with van der Waals surface area (Å²) in [6, 6.07) is 12.4. The first-order valence-electron chi connectivity index (χ1n) is 9.46. The van der Waals surface area contributed by atoms with Gasteiger partial charge in [-0.05, 0) is 42.6 Å². The van der Waals surface area contributed by atoms with Gasteiger partial charge in [0, 0.05) is 25.8 Å². The largest absolute Gasteiger partial charge is 0.473 e. The van der Waals surface area contributed by atoms with Gasteiger partial charge >= 0.3 is 0 Å². The summed E-state index contributed by atoms with van der Waals surface area (Å²) in [4.78, 5) is 0. The van der Waals surface area contributed by atoms with Crippen LogP contribution in [0.5, 0.6) is 5.88 Å². The van der Waals surface area contributed by atoms with Gasteiger partial charge < -0.3 is 10.5 Å². The Balaban J connectivity index is 1.46. The standard InChI is InChI=1S/C20H28N4O/c21-14-22-11-19-10-20(25-13-15-4-2-1-3-5-15)24(23-19)12-18-9-16-6-7-17(18)8-16/h1-5,10,16-18,22H,6-9,11-14,21H2. The number of rotatable bonds is 8. The van der Waals surface area contributed by atoms with Crippen molar-refractivity contribution < 1.29 is 4.74 Å². The molecule has 1 heterocycles. The molecule has 0 amide bonds. The number of nitrogens with one attached hydrogen (secondary N) is 1. The molecule has 2 fully saturated rings. The van der Waals surface area contributed by atoms with Crippen molar-refractivity contribution in [3.05, 3.63) is 47.7 Å². The van der Waals surface area contributed by atoms with E-state index in [0.29, 0.717) is 19.8 Å². The Hall–Kier alpha value is -1.85. The molecule has 2 aliphatic carbocycles. The number of nitrogens with two attached hydrogens (primary N) is 1. The number of ether oxygens (including phenoxy) is 1. The van der Waals surface area contributed by atoms with Crippen molar-refractivity contribution in [3.63, 3.8) is 0 Å². The third-order valence-electron chi connectivity index (χ3n) is 5.77. The van der Waals surface area contributed by atoms with E-state index < -0.39 is 0 Å². The SMILES string of the molecule is NCNCc1cc(OCc2ccccc2)n(CC2CC3CCC2C3)n1. The van der Waals surface area contributed by atoms with Gasteiger partial charge in [0.25, 0.3) is 0 Å². The van der Waals surface area contributed by atoms with Crippen molar-refractivity contribution in [2.45, 2.75) is 45.4 Å². The Kier molecular flexibility index (Phi) is 5.04. The zero-order valence-corrected chi connectivity index (χ0v) is 14.7. The van der Waals surface area contributed by atoms with E-state index in [4.69, 9.17) is 15.6 Å². The molecule has 134 valence electrons. The number of nitrogens with zero attached hydrogens (tertiary/aromatic N) is 2. The number of hydrogen-bond acceptors (Lipinski definition) is 4. The van der Waals surface area contributed by atoms with Crippen LogP contribution in [0.4, 0.5) is 0 Å². The lowest BCUT2D eigenvalue weighted by Crippen LogP contribution is -2.22. The maximum atomic E-state index is 6.12. The fraction of sp³-hybridized carbons (Fsp3) is 0.550. The molecule has 4 rings (SSSR count). The van der Waals surface area contributed by atoms with Crippen LogP contribution in [0, 0.1) is 17.8 Å². The molecule has 2 aliphatic rings. The third-order valence-corrected chi connectivity index (χ3v) is 5.77. The maximum Gasteiger partial charge on any atom is 0.212 e. The smallest absolute Gasteiger partial charge is 0.212 e. The summed E-state index contributed by atoms with van der Waals surface area (Å²) in [5.41, 5.74) is 7.73. The highest BCUT2D eigenvalue weighted by atomic mass is 16.5. The fourth-order valence-electron chi connectivity index (χ4n) is 4.54. The second-order valence-corrected chi connectivity index (χ2v) is 7.50. The van der Waals surface area contributed by atoms with Gasteiger partial charge in [-0.25, -0.2) is 4.68 Å². The van der Waals surface area contributed by atoms with Crippen LogP contribution in [0.1, 0.15) is 36.9 Å². The van der Waals surface area contributed by atoms with Crippen LogP contribution in [-0.2, 0) is 19.7 Å². The first-order valence-corrected chi connectivity index (χ1v) is 9.46. The maximum absolute atomic E-state index is 6.12. The summed E-state index contributed by atoms with van der Waals surface area (Å²) < 4.78 is 8.20. The molecular weight excluding hydrogens is 312 g/mol. The van der Waals surface area contributed by atoms with Crippen molar-refractivity contribution in [1.29, 1.82) is 0 Å². The summed E-state index contributed by atoms with van der Waals surface area (Å²) in [5.74, 6) is 3.48. The Morgan fingerprint density at radius 3 is 2.80 bits per heavy atom. The lowest BCUT2D eigenvalue weighted by Gasteiger charge is -2.22. The number of hydrogen-bond donors (Lipinski definition) is 2. The second kappa shape index (κ2) is 7.58. The van der Waals surface area contributed by atoms with Gasteiger partial charge in [0.05, 0.1) is 5.69 Å². The van der Waals surface area contributed by atoms with Crippen LogP contribution in [-0.4, -0.2) is 16.4 Å². The van der Waals surface area contributed by atoms with E-state index in [2.05, 4.69) is 28.2 Å². The normalized spacial score (nSPS) is 24.8. The van der Waals surface area contributed by atoms with Crippen LogP contribution in [0.15, 0.2) is 36.4 Å². The summed E-state index contributed by atoms with van der Waals surface area (Å²) in [7, 11) is 0. The van der Waals surface area contributed by atoms with E-state index in [1.165, 1.54) is 31.2 Å². The monoisotopic (exact) mass is 340 g/mol. The molecule has 1 aromatic heterocycles. The fourth-order valence-corrected chi connectivity index (χ4v) is 4.54. The van der Waals surface area contributed by atoms with Crippen molar-refractivity contribution >= 4 is 0 Å². The van der Waals surface area contributed by atoms with Crippen molar-refractivity contribution in [1.82, 2.24) is 15.1 Å². The Morgan fingerprint density at radius 1 is 1.20 bits per heavy atom. The quantitative estimate of drug-likeness (QED) is 0.725. The van der Waals surface area contributed by atoms with Gasteiger partial charge in [-0.2, -0.15) is 5.10 Å². The predicted octanol–water partition coefficient (Wildman–Crippen LogP) is 2.90. The molecule has 3 atom stereocenters. The molecule has 0 aliphatic heterocycles. The zero-order valence-electron chi connectivity index (χ0n) is 14.7. The van der Waals surface area contributed by atoms with Gasteiger partial charge in [0.2, 0.25) is 5.88 Å². The van der Waals surface area contributed by atoms with Gasteiger partial charge in [0.15, 0.2) is 0 Å². The van der Waals surface area contributed by atoms with Crippen molar-refractivity contribution in [2.24, 2.45) is 23.5 Å². The minimum atomic E-state index is 0.458. The van der Waals surface area contributed by atoms with E-state index in [0.717, 1.165) is 35.9 Å². The summed E-state index contributed by atoms with van der Waals surface area (Å²) >= 11 is 0. The van der Waals surface area contributed by atoms with Crippen LogP contribution in [0.3, 0.4) is 0 Å². The molecule has 1 aromatic carbocycles. The number of benzene rings is 1. The van der Waals surface area contributed by atoms with E-state index in [1.807, 2.05) is 18.2 Å². The lowest BCUT2D eigenvalue weighted by atomic mass is 9.89. The molecule has 2 aromatic rings. The van der Waals surface area contributed by atoms with E-state index in [1.54, 1.807) is 0 Å². The molecule has 5 nitrogen and oxygen atoms in total. The average Bonchev–Trinajstić information content (AvgIpc) is 3.35. The van der Waals surface area contributed by atoms with Crippen LogP contribution >= 0.6 is 0 Å². The lowest BCUT2D eigenvalue weighted by molar-refractivity contribution is 0.236. The molecule has 0 saturated heterocycles. The highest BCUT2D eigenvalue weighted by Gasteiger charge is 2.39. The minimum Gasteiger partial charge on any atom is -0.473 e. The topological polar surface area (TPSA) is 65.1 Å². The second-order valence-electron chi connectivity index (χ2n) is 7.50. The Morgan fingerprint density at radius 2 is 2.08 bits per heavy atom. The van der Waals surface area contributed by atoms with Gasteiger partial charge in [-0.1, -0.05) is 36.8 Å². The highest BCUT2D eigenvalue weighted by Crippen LogP contribution is 2.49. The van der Waals surface area contributed by atoms with Gasteiger partial charge in [-0.3, -0.25) is 5.32 Å². The Labute approximate surface area is 149 Å². The van der Waals surface area contributed by atoms with Gasteiger partial charge in [-0.15, -0.1) is 0 Å². The first-order chi connectivity index (χ1) is 12.3. The predicted molar refractivity (Wildman–Crippen MR) is 97.8 cm³/mol. The van der Waals surface area contributed by atoms with E-state index in [9.17, 15) is 0 Å². The van der Waals surface area contributed by atoms with Crippen LogP contribution < -0.4 is 15.8 Å². The molecule has 2 bridgehead atoms. The van der Waals surface area contributed by atoms with Crippen LogP contribution in [0.25, 0.3) is 0 Å². The zero-order chi connectivity index (χ0) is 17.1. The van der Waals surface area contributed by atoms with E-state index in [-0.39, 0.29) is 0 Å². The third kappa shape index (κ3) is 3.88. The molecule has 3 N–H and O–H groups in total. The van der Waals surface area contributed by atoms with Crippen LogP contribution in [0.2, 0.25) is 0 Å². The summed E-state index contributed by atoms with van der Waals surface area (Å²) in [6.45, 7) is 2.70. The highest BCUT2D eigenvalue weighted by molar-refractivity contribution is 5.19. The molecule has 2 saturated carbocycles. The average molecular weight is 340 g/mol. The molecular formula is C20H28N4O. The first kappa shape index (κ1) is 16.6.